The van der Waals surface area contributed by atoms with Gasteiger partial charge in [-0.3, -0.25) is 14.5 Å². The summed E-state index contributed by atoms with van der Waals surface area (Å²) in [7, 11) is 0. The van der Waals surface area contributed by atoms with Crippen molar-refractivity contribution < 1.29 is 22.7 Å². The van der Waals surface area contributed by atoms with E-state index < -0.39 is 35.7 Å². The molecule has 9 heteroatoms. The lowest BCUT2D eigenvalue weighted by molar-refractivity contribution is -0.192. The van der Waals surface area contributed by atoms with Crippen LogP contribution in [0.4, 0.5) is 18.9 Å². The molecule has 0 bridgehead atoms. The van der Waals surface area contributed by atoms with Crippen LogP contribution in [0.15, 0.2) is 23.1 Å². The molecule has 6 nitrogen and oxygen atoms in total. The maximum absolute atomic E-state index is 14.5. The number of rotatable bonds is 2. The van der Waals surface area contributed by atoms with Crippen molar-refractivity contribution >= 4 is 11.6 Å². The van der Waals surface area contributed by atoms with E-state index >= 15 is 0 Å². The zero-order valence-electron chi connectivity index (χ0n) is 13.7. The van der Waals surface area contributed by atoms with Crippen molar-refractivity contribution in [2.24, 2.45) is 0 Å². The highest BCUT2D eigenvalue weighted by Gasteiger charge is 2.50. The van der Waals surface area contributed by atoms with E-state index in [4.69, 9.17) is 6.42 Å². The number of hydrogen-bond donors (Lipinski definition) is 0. The van der Waals surface area contributed by atoms with Crippen LogP contribution in [0.3, 0.4) is 0 Å². The van der Waals surface area contributed by atoms with Crippen molar-refractivity contribution in [3.8, 4) is 23.8 Å². The Morgan fingerprint density at radius 3 is 2.62 bits per heavy atom. The van der Waals surface area contributed by atoms with Crippen molar-refractivity contribution in [3.63, 3.8) is 0 Å². The van der Waals surface area contributed by atoms with Gasteiger partial charge < -0.3 is 4.74 Å². The maximum Gasteiger partial charge on any atom is 0.483 e. The lowest BCUT2D eigenvalue weighted by Crippen LogP contribution is -2.51. The predicted molar refractivity (Wildman–Crippen MR) is 86.0 cm³/mol. The molecule has 0 saturated heterocycles. The Morgan fingerprint density at radius 2 is 1.96 bits per heavy atom. The number of hydrogen-bond acceptors (Lipinski definition) is 4. The maximum atomic E-state index is 14.5. The Bertz CT molecular complexity index is 1020. The molecule has 0 atom stereocenters. The summed E-state index contributed by atoms with van der Waals surface area (Å²) in [6.07, 6.45) is 2.33. The minimum atomic E-state index is -4.17. The normalized spacial score (nSPS) is 15.2. The number of benzene rings is 1. The van der Waals surface area contributed by atoms with E-state index in [0.29, 0.717) is 22.1 Å². The molecule has 1 aromatic carbocycles. The highest BCUT2D eigenvalue weighted by molar-refractivity contribution is 6.01. The second-order valence-electron chi connectivity index (χ2n) is 5.66. The number of amides is 1. The fraction of sp³-hybridized carbons (Fsp3) is 0.235. The molecule has 0 radical (unpaired) electrons. The third kappa shape index (κ3) is 2.60. The summed E-state index contributed by atoms with van der Waals surface area (Å²) < 4.78 is 47.0. The molecule has 0 spiro atoms. The minimum absolute atomic E-state index is 0.179. The quantitative estimate of drug-likeness (QED) is 0.765. The standard InChI is InChI=1S/C17H12F3N3O3/c1-4-5-22-13-7-12(23-15(24)10(3)9(2)8-21-23)11(18)6-14(13)26-17(19,20)16(22)25/h1,6-8H,5H2,2-3H3. The first kappa shape index (κ1) is 17.5. The molecule has 1 amide bonds. The van der Waals surface area contributed by atoms with Crippen LogP contribution in [0.1, 0.15) is 11.1 Å². The first-order chi connectivity index (χ1) is 12.2. The number of terminal acetylenes is 1. The van der Waals surface area contributed by atoms with E-state index in [1.165, 1.54) is 6.20 Å². The first-order valence-corrected chi connectivity index (χ1v) is 7.39. The second kappa shape index (κ2) is 5.91. The Kier molecular flexibility index (Phi) is 3.99. The van der Waals surface area contributed by atoms with Gasteiger partial charge in [0, 0.05) is 11.6 Å². The van der Waals surface area contributed by atoms with Crippen molar-refractivity contribution in [1.29, 1.82) is 0 Å². The average Bonchev–Trinajstić information content (AvgIpc) is 2.57. The summed E-state index contributed by atoms with van der Waals surface area (Å²) in [5, 5.41) is 3.87. The number of halogens is 3. The summed E-state index contributed by atoms with van der Waals surface area (Å²) in [5.74, 6) is -1.18. The monoisotopic (exact) mass is 363 g/mol. The number of aryl methyl sites for hydroxylation is 1. The molecule has 2 aromatic rings. The number of fused-ring (bicyclic) bond motifs is 1. The SMILES string of the molecule is C#CCN1C(=O)C(F)(F)Oc2cc(F)c(-n3ncc(C)c(C)c3=O)cc21. The highest BCUT2D eigenvalue weighted by atomic mass is 19.3. The predicted octanol–water partition coefficient (Wildman–Crippen LogP) is 1.94. The van der Waals surface area contributed by atoms with Crippen LogP contribution in [0.25, 0.3) is 5.69 Å². The molecule has 1 aliphatic rings. The van der Waals surface area contributed by atoms with Gasteiger partial charge in [0.2, 0.25) is 0 Å². The van der Waals surface area contributed by atoms with E-state index in [-0.39, 0.29) is 11.4 Å². The van der Waals surface area contributed by atoms with Crippen molar-refractivity contribution in [1.82, 2.24) is 9.78 Å². The van der Waals surface area contributed by atoms with Crippen LogP contribution in [0.5, 0.6) is 5.75 Å². The summed E-state index contributed by atoms with van der Waals surface area (Å²) in [4.78, 5) is 24.8. The lowest BCUT2D eigenvalue weighted by Gasteiger charge is -2.32. The fourth-order valence-electron chi connectivity index (χ4n) is 2.48. The minimum Gasteiger partial charge on any atom is -0.423 e. The average molecular weight is 363 g/mol. The van der Waals surface area contributed by atoms with Crippen molar-refractivity contribution in [2.75, 3.05) is 11.4 Å². The first-order valence-electron chi connectivity index (χ1n) is 7.39. The summed E-state index contributed by atoms with van der Waals surface area (Å²) in [6, 6.07) is 1.69. The van der Waals surface area contributed by atoms with Crippen LogP contribution in [0, 0.1) is 32.0 Å². The van der Waals surface area contributed by atoms with Crippen LogP contribution >= 0.6 is 0 Å². The molecule has 134 valence electrons. The number of ether oxygens (including phenoxy) is 1. The van der Waals surface area contributed by atoms with E-state index in [1.807, 2.05) is 0 Å². The van der Waals surface area contributed by atoms with Crippen LogP contribution in [-0.2, 0) is 4.79 Å². The van der Waals surface area contributed by atoms with Gasteiger partial charge in [-0.1, -0.05) is 5.92 Å². The Hall–Kier alpha value is -3.28. The van der Waals surface area contributed by atoms with E-state index in [0.717, 1.165) is 10.7 Å². The van der Waals surface area contributed by atoms with E-state index in [1.54, 1.807) is 13.8 Å². The van der Waals surface area contributed by atoms with Gasteiger partial charge in [-0.15, -0.1) is 6.42 Å². The lowest BCUT2D eigenvalue weighted by atomic mass is 10.1. The van der Waals surface area contributed by atoms with Gasteiger partial charge in [-0.05, 0) is 25.5 Å². The Balaban J connectivity index is 2.25. The molecular formula is C17H12F3N3O3. The third-order valence-corrected chi connectivity index (χ3v) is 4.00. The number of nitrogens with zero attached hydrogens (tertiary/aromatic N) is 3. The molecule has 3 rings (SSSR count). The number of anilines is 1. The zero-order valence-corrected chi connectivity index (χ0v) is 13.7. The van der Waals surface area contributed by atoms with Crippen molar-refractivity contribution in [3.05, 3.63) is 45.6 Å². The van der Waals surface area contributed by atoms with Gasteiger partial charge in [0.1, 0.15) is 5.69 Å². The van der Waals surface area contributed by atoms with Crippen molar-refractivity contribution in [2.45, 2.75) is 20.0 Å². The molecule has 0 fully saturated rings. The summed E-state index contributed by atoms with van der Waals surface area (Å²) in [6.45, 7) is 2.73. The smallest absolute Gasteiger partial charge is 0.423 e. The molecule has 1 aromatic heterocycles. The number of aromatic nitrogens is 2. The van der Waals surface area contributed by atoms with Crippen LogP contribution in [-0.4, -0.2) is 28.3 Å². The van der Waals surface area contributed by atoms with Crippen LogP contribution < -0.4 is 15.2 Å². The van der Waals surface area contributed by atoms with Gasteiger partial charge in [0.05, 0.1) is 18.4 Å². The molecular weight excluding hydrogens is 351 g/mol. The molecule has 0 saturated carbocycles. The second-order valence-corrected chi connectivity index (χ2v) is 5.66. The largest absolute Gasteiger partial charge is 0.483 e. The van der Waals surface area contributed by atoms with E-state index in [2.05, 4.69) is 15.8 Å². The van der Waals surface area contributed by atoms with Gasteiger partial charge in [-0.25, -0.2) is 4.39 Å². The molecule has 0 unspecified atom stereocenters. The van der Waals surface area contributed by atoms with Gasteiger partial charge in [-0.2, -0.15) is 18.6 Å². The molecule has 1 aliphatic heterocycles. The fourth-order valence-corrected chi connectivity index (χ4v) is 2.48. The Labute approximate surface area is 145 Å². The van der Waals surface area contributed by atoms with Crippen LogP contribution in [0.2, 0.25) is 0 Å². The molecule has 0 N–H and O–H groups in total. The van der Waals surface area contributed by atoms with E-state index in [9.17, 15) is 22.8 Å². The highest BCUT2D eigenvalue weighted by Crippen LogP contribution is 2.41. The summed E-state index contributed by atoms with van der Waals surface area (Å²) >= 11 is 0. The number of carbonyl (C=O) groups is 1. The Morgan fingerprint density at radius 1 is 1.27 bits per heavy atom. The van der Waals surface area contributed by atoms with Gasteiger partial charge >= 0.3 is 12.0 Å². The summed E-state index contributed by atoms with van der Waals surface area (Å²) in [5.41, 5.74) is -0.128. The number of carbonyl (C=O) groups excluding carboxylic acids is 1. The molecule has 2 heterocycles. The molecule has 0 aliphatic carbocycles. The number of alkyl halides is 2. The van der Waals surface area contributed by atoms with Gasteiger partial charge in [0.15, 0.2) is 11.6 Å². The zero-order chi connectivity index (χ0) is 19.2. The third-order valence-electron chi connectivity index (χ3n) is 4.00. The van der Waals surface area contributed by atoms with Gasteiger partial charge in [0.25, 0.3) is 5.56 Å². The molecule has 26 heavy (non-hydrogen) atoms. The topological polar surface area (TPSA) is 64.4 Å².